The number of ether oxygens (including phenoxy) is 1. The number of halogens is 3. The first-order valence-corrected chi connectivity index (χ1v) is 5.21. The van der Waals surface area contributed by atoms with Crippen LogP contribution >= 0.6 is 22.6 Å². The van der Waals surface area contributed by atoms with E-state index in [9.17, 15) is 13.6 Å². The monoisotopic (exact) mass is 326 g/mol. The van der Waals surface area contributed by atoms with Crippen LogP contribution in [0.15, 0.2) is 12.1 Å². The molecular weight excluding hydrogens is 317 g/mol. The first kappa shape index (κ1) is 12.4. The lowest BCUT2D eigenvalue weighted by atomic mass is 10.0. The number of benzene rings is 1. The zero-order chi connectivity index (χ0) is 11.6. The molecule has 82 valence electrons. The van der Waals surface area contributed by atoms with Crippen LogP contribution in [0.2, 0.25) is 0 Å². The number of methoxy groups -OCH3 is 1. The van der Waals surface area contributed by atoms with Crippen LogP contribution in [0.3, 0.4) is 0 Å². The molecule has 15 heavy (non-hydrogen) atoms. The number of alkyl halides is 2. The lowest BCUT2D eigenvalue weighted by Crippen LogP contribution is -2.04. The molecule has 0 radical (unpaired) electrons. The van der Waals surface area contributed by atoms with Gasteiger partial charge in [-0.2, -0.15) is 0 Å². The highest BCUT2D eigenvalue weighted by atomic mass is 127. The van der Waals surface area contributed by atoms with Gasteiger partial charge in [0.25, 0.3) is 6.43 Å². The highest BCUT2D eigenvalue weighted by Gasteiger charge is 2.21. The van der Waals surface area contributed by atoms with Gasteiger partial charge in [0.1, 0.15) is 5.75 Å². The maximum atomic E-state index is 12.7. The molecule has 0 aliphatic carbocycles. The van der Waals surface area contributed by atoms with Gasteiger partial charge in [0, 0.05) is 9.13 Å². The Morgan fingerprint density at radius 1 is 1.47 bits per heavy atom. The third kappa shape index (κ3) is 2.64. The van der Waals surface area contributed by atoms with E-state index in [1.165, 1.54) is 20.1 Å². The maximum Gasteiger partial charge on any atom is 0.264 e. The summed E-state index contributed by atoms with van der Waals surface area (Å²) in [6, 6.07) is 2.85. The van der Waals surface area contributed by atoms with E-state index in [4.69, 9.17) is 4.74 Å². The van der Waals surface area contributed by atoms with Crippen molar-refractivity contribution in [2.75, 3.05) is 7.11 Å². The Kier molecular flexibility index (Phi) is 4.01. The molecule has 0 fully saturated rings. The summed E-state index contributed by atoms with van der Waals surface area (Å²) in [4.78, 5) is 11.2. The molecule has 0 amide bonds. The number of ketones is 1. The molecule has 5 heteroatoms. The van der Waals surface area contributed by atoms with E-state index in [0.29, 0.717) is 3.57 Å². The van der Waals surface area contributed by atoms with E-state index >= 15 is 0 Å². The van der Waals surface area contributed by atoms with Crippen molar-refractivity contribution in [1.82, 2.24) is 0 Å². The van der Waals surface area contributed by atoms with Crippen molar-refractivity contribution >= 4 is 28.4 Å². The van der Waals surface area contributed by atoms with Crippen molar-refractivity contribution in [2.24, 2.45) is 0 Å². The molecule has 0 bridgehead atoms. The van der Waals surface area contributed by atoms with Gasteiger partial charge in [0.05, 0.1) is 12.7 Å². The minimum Gasteiger partial charge on any atom is -0.496 e. The van der Waals surface area contributed by atoms with E-state index in [-0.39, 0.29) is 16.9 Å². The molecule has 0 heterocycles. The van der Waals surface area contributed by atoms with E-state index < -0.39 is 12.2 Å². The number of carbonyl (C=O) groups excluding carboxylic acids is 1. The second-order valence-corrected chi connectivity index (χ2v) is 4.17. The van der Waals surface area contributed by atoms with Crippen LogP contribution in [-0.2, 0) is 0 Å². The molecule has 0 atom stereocenters. The molecule has 0 unspecified atom stereocenters. The summed E-state index contributed by atoms with van der Waals surface area (Å²) in [5.41, 5.74) is -0.306. The van der Waals surface area contributed by atoms with Crippen LogP contribution in [0.4, 0.5) is 8.78 Å². The number of hydrogen-bond acceptors (Lipinski definition) is 2. The molecule has 0 aromatic heterocycles. The molecule has 0 N–H and O–H groups in total. The summed E-state index contributed by atoms with van der Waals surface area (Å²) in [7, 11) is 1.35. The molecule has 1 rings (SSSR count). The predicted molar refractivity (Wildman–Crippen MR) is 60.7 cm³/mol. The molecule has 0 spiro atoms. The first-order valence-electron chi connectivity index (χ1n) is 4.14. The Hall–Kier alpha value is -0.720. The minimum atomic E-state index is -2.67. The Bertz CT molecular complexity index is 391. The van der Waals surface area contributed by atoms with Gasteiger partial charge >= 0.3 is 0 Å². The zero-order valence-corrected chi connectivity index (χ0v) is 10.3. The average molecular weight is 326 g/mol. The molecule has 0 saturated heterocycles. The van der Waals surface area contributed by atoms with E-state index in [0.717, 1.165) is 0 Å². The maximum absolute atomic E-state index is 12.7. The average Bonchev–Trinajstić information content (AvgIpc) is 2.15. The van der Waals surface area contributed by atoms with E-state index in [1.54, 1.807) is 6.07 Å². The van der Waals surface area contributed by atoms with Crippen LogP contribution in [0.25, 0.3) is 0 Å². The fourth-order valence-electron chi connectivity index (χ4n) is 1.31. The summed E-state index contributed by atoms with van der Waals surface area (Å²) in [5.74, 6) is -0.219. The van der Waals surface area contributed by atoms with Crippen molar-refractivity contribution in [3.8, 4) is 5.75 Å². The first-order chi connectivity index (χ1) is 6.97. The van der Waals surface area contributed by atoms with Gasteiger partial charge < -0.3 is 4.74 Å². The summed E-state index contributed by atoms with van der Waals surface area (Å²) < 4.78 is 30.9. The lowest BCUT2D eigenvalue weighted by molar-refractivity contribution is 0.0995. The molecular formula is C10H9F2IO2. The fraction of sp³-hybridized carbons (Fsp3) is 0.300. The molecule has 2 nitrogen and oxygen atoms in total. The normalized spacial score (nSPS) is 10.5. The van der Waals surface area contributed by atoms with Crippen molar-refractivity contribution in [1.29, 1.82) is 0 Å². The van der Waals surface area contributed by atoms with Crippen molar-refractivity contribution in [2.45, 2.75) is 13.3 Å². The highest BCUT2D eigenvalue weighted by molar-refractivity contribution is 14.1. The summed E-state index contributed by atoms with van der Waals surface area (Å²) in [5, 5.41) is 0. The molecule has 0 aliphatic rings. The van der Waals surface area contributed by atoms with Crippen LogP contribution in [0.1, 0.15) is 29.3 Å². The minimum absolute atomic E-state index is 0.0343. The van der Waals surface area contributed by atoms with Crippen LogP contribution in [0, 0.1) is 3.57 Å². The van der Waals surface area contributed by atoms with Crippen molar-refractivity contribution in [3.63, 3.8) is 0 Å². The Morgan fingerprint density at radius 2 is 2.07 bits per heavy atom. The zero-order valence-electron chi connectivity index (χ0n) is 8.18. The SMILES string of the molecule is COc1cc(I)cc(C(F)F)c1C(C)=O. The number of Topliss-reactive ketones (excluding diaryl/α,β-unsaturated/α-hetero) is 1. The van der Waals surface area contributed by atoms with Crippen molar-refractivity contribution < 1.29 is 18.3 Å². The van der Waals surface area contributed by atoms with Gasteiger partial charge in [-0.3, -0.25) is 4.79 Å². The quantitative estimate of drug-likeness (QED) is 0.628. The second kappa shape index (κ2) is 4.87. The van der Waals surface area contributed by atoms with Crippen LogP contribution in [-0.4, -0.2) is 12.9 Å². The smallest absolute Gasteiger partial charge is 0.264 e. The Balaban J connectivity index is 3.47. The van der Waals surface area contributed by atoms with Gasteiger partial charge in [-0.25, -0.2) is 8.78 Å². The van der Waals surface area contributed by atoms with Gasteiger partial charge in [-0.15, -0.1) is 0 Å². The standard InChI is InChI=1S/C10H9F2IO2/c1-5(14)9-7(10(11)12)3-6(13)4-8(9)15-2/h3-4,10H,1-2H3. The van der Waals surface area contributed by atoms with Gasteiger partial charge in [-0.05, 0) is 41.6 Å². The summed E-state index contributed by atoms with van der Waals surface area (Å²) in [6.07, 6.45) is -2.67. The highest BCUT2D eigenvalue weighted by Crippen LogP contribution is 2.32. The van der Waals surface area contributed by atoms with Gasteiger partial charge in [0.2, 0.25) is 0 Å². The summed E-state index contributed by atoms with van der Waals surface area (Å²) in [6.45, 7) is 1.25. The van der Waals surface area contributed by atoms with Crippen LogP contribution in [0.5, 0.6) is 5.75 Å². The predicted octanol–water partition coefficient (Wildman–Crippen LogP) is 3.44. The number of hydrogen-bond donors (Lipinski definition) is 0. The lowest BCUT2D eigenvalue weighted by Gasteiger charge is -2.11. The van der Waals surface area contributed by atoms with E-state index in [2.05, 4.69) is 0 Å². The fourth-order valence-corrected chi connectivity index (χ4v) is 1.93. The molecule has 1 aromatic carbocycles. The second-order valence-electron chi connectivity index (χ2n) is 2.93. The van der Waals surface area contributed by atoms with Crippen molar-refractivity contribution in [3.05, 3.63) is 26.8 Å². The molecule has 1 aromatic rings. The largest absolute Gasteiger partial charge is 0.496 e. The van der Waals surface area contributed by atoms with E-state index in [1.807, 2.05) is 22.6 Å². The Labute approximate surface area is 99.8 Å². The Morgan fingerprint density at radius 3 is 2.47 bits per heavy atom. The third-order valence-electron chi connectivity index (χ3n) is 1.90. The van der Waals surface area contributed by atoms with Gasteiger partial charge in [0.15, 0.2) is 5.78 Å². The number of carbonyl (C=O) groups is 1. The van der Waals surface area contributed by atoms with Gasteiger partial charge in [-0.1, -0.05) is 0 Å². The van der Waals surface area contributed by atoms with Crippen LogP contribution < -0.4 is 4.74 Å². The number of rotatable bonds is 3. The third-order valence-corrected chi connectivity index (χ3v) is 2.53. The molecule has 0 saturated carbocycles. The summed E-state index contributed by atoms with van der Waals surface area (Å²) >= 11 is 1.90. The molecule has 0 aliphatic heterocycles. The topological polar surface area (TPSA) is 26.3 Å².